The van der Waals surface area contributed by atoms with Gasteiger partial charge in [0, 0.05) is 13.1 Å². The topological polar surface area (TPSA) is 55.6 Å². The molecule has 0 bridgehead atoms. The number of amides is 1. The summed E-state index contributed by atoms with van der Waals surface area (Å²) in [4.78, 5) is 11.2. The van der Waals surface area contributed by atoms with Gasteiger partial charge in [0.1, 0.15) is 6.61 Å². The van der Waals surface area contributed by atoms with E-state index >= 15 is 0 Å². The Morgan fingerprint density at radius 3 is 2.14 bits per heavy atom. The number of rotatable bonds is 6. The van der Waals surface area contributed by atoms with E-state index in [1.165, 1.54) is 0 Å². The molecule has 0 unspecified atom stereocenters. The number of carbonyl (C=O) groups is 1. The molecule has 0 aliphatic carbocycles. The van der Waals surface area contributed by atoms with Gasteiger partial charge in [-0.1, -0.05) is 56.8 Å². The van der Waals surface area contributed by atoms with Crippen molar-refractivity contribution in [2.75, 3.05) is 13.1 Å². The van der Waals surface area contributed by atoms with Gasteiger partial charge in [0.15, 0.2) is 0 Å². The Morgan fingerprint density at radius 2 is 1.71 bits per heavy atom. The molecule has 1 rings (SSSR count). The third-order valence-electron chi connectivity index (χ3n) is 2.45. The van der Waals surface area contributed by atoms with Crippen LogP contribution in [0, 0.1) is 0 Å². The second-order valence-corrected chi connectivity index (χ2v) is 5.16. The molecule has 0 aliphatic heterocycles. The number of thiol groups is 1. The van der Waals surface area contributed by atoms with Crippen LogP contribution < -0.4 is 5.73 Å². The summed E-state index contributed by atoms with van der Waals surface area (Å²) in [5, 5.41) is -0.0162. The van der Waals surface area contributed by atoms with E-state index < -0.39 is 5.24 Å². The van der Waals surface area contributed by atoms with E-state index in [2.05, 4.69) is 37.1 Å². The van der Waals surface area contributed by atoms with Crippen molar-refractivity contribution >= 4 is 35.3 Å². The van der Waals surface area contributed by atoms with Crippen LogP contribution in [0.2, 0.25) is 0 Å². The zero-order valence-electron chi connectivity index (χ0n) is 12.6. The summed E-state index contributed by atoms with van der Waals surface area (Å²) in [5.41, 5.74) is 5.49. The smallest absolute Gasteiger partial charge is 0.273 e. The monoisotopic (exact) mass is 328 g/mol. The van der Waals surface area contributed by atoms with Gasteiger partial charge in [0.05, 0.1) is 0 Å². The average molecular weight is 329 g/mol. The first kappa shape index (κ1) is 19.7. The molecule has 118 valence electrons. The van der Waals surface area contributed by atoms with Crippen molar-refractivity contribution in [2.45, 2.75) is 33.3 Å². The Labute approximate surface area is 138 Å². The van der Waals surface area contributed by atoms with Crippen LogP contribution in [0.15, 0.2) is 30.3 Å². The quantitative estimate of drug-likeness (QED) is 0.619. The van der Waals surface area contributed by atoms with E-state index in [0.29, 0.717) is 11.8 Å². The molecule has 0 fully saturated rings. The molecule has 1 aromatic carbocycles. The predicted molar refractivity (Wildman–Crippen MR) is 94.6 cm³/mol. The van der Waals surface area contributed by atoms with Crippen LogP contribution in [0.25, 0.3) is 0 Å². The first-order valence-corrected chi connectivity index (χ1v) is 7.80. The van der Waals surface area contributed by atoms with E-state index in [9.17, 15) is 0 Å². The molecule has 21 heavy (non-hydrogen) atoms. The Kier molecular flexibility index (Phi) is 11.7. The Hall–Kier alpha value is -1.27. The van der Waals surface area contributed by atoms with Crippen molar-refractivity contribution in [3.05, 3.63) is 35.9 Å². The summed E-state index contributed by atoms with van der Waals surface area (Å²) < 4.78 is 5.65. The molecule has 2 N–H and O–H groups in total. The van der Waals surface area contributed by atoms with Crippen molar-refractivity contribution in [3.8, 4) is 0 Å². The number of ether oxygens (including phenoxy) is 1. The van der Waals surface area contributed by atoms with Gasteiger partial charge in [0.25, 0.3) is 10.4 Å². The SMILES string of the molecule is CCCN(CCC)C(=S)OCc1ccccc1.NC(=O)S. The maximum Gasteiger partial charge on any atom is 0.273 e. The molecule has 1 aromatic rings. The van der Waals surface area contributed by atoms with Crippen LogP contribution in [0.4, 0.5) is 4.79 Å². The Morgan fingerprint density at radius 1 is 1.24 bits per heavy atom. The fourth-order valence-electron chi connectivity index (χ4n) is 1.64. The highest BCUT2D eigenvalue weighted by molar-refractivity contribution is 7.96. The van der Waals surface area contributed by atoms with Gasteiger partial charge in [0.2, 0.25) is 0 Å². The van der Waals surface area contributed by atoms with Crippen molar-refractivity contribution in [1.29, 1.82) is 0 Å². The van der Waals surface area contributed by atoms with Crippen LogP contribution in [-0.2, 0) is 11.3 Å². The molecule has 6 heteroatoms. The summed E-state index contributed by atoms with van der Waals surface area (Å²) in [6, 6.07) is 10.1. The Bertz CT molecular complexity index is 403. The fraction of sp³-hybridized carbons (Fsp3) is 0.467. The summed E-state index contributed by atoms with van der Waals surface area (Å²) in [5.74, 6) is 0. The molecule has 0 aromatic heterocycles. The molecular weight excluding hydrogens is 304 g/mol. The number of thiocarbonyl (C=S) groups is 1. The molecule has 0 radical (unpaired) electrons. The average Bonchev–Trinajstić information content (AvgIpc) is 2.45. The Balaban J connectivity index is 0.000000885. The minimum absolute atomic E-state index is 0.559. The highest BCUT2D eigenvalue weighted by Crippen LogP contribution is 2.04. The maximum absolute atomic E-state index is 9.09. The fourth-order valence-corrected chi connectivity index (χ4v) is 1.89. The van der Waals surface area contributed by atoms with Gasteiger partial charge in [-0.2, -0.15) is 0 Å². The molecule has 0 saturated carbocycles. The maximum atomic E-state index is 9.09. The number of hydrogen-bond donors (Lipinski definition) is 2. The van der Waals surface area contributed by atoms with Crippen molar-refractivity contribution in [3.63, 3.8) is 0 Å². The van der Waals surface area contributed by atoms with Crippen molar-refractivity contribution < 1.29 is 9.53 Å². The van der Waals surface area contributed by atoms with Crippen LogP contribution in [0.5, 0.6) is 0 Å². The lowest BCUT2D eigenvalue weighted by molar-refractivity contribution is 0.231. The van der Waals surface area contributed by atoms with Gasteiger partial charge in [-0.05, 0) is 30.6 Å². The van der Waals surface area contributed by atoms with Crippen LogP contribution in [0.1, 0.15) is 32.3 Å². The second-order valence-electron chi connectivity index (χ2n) is 4.37. The van der Waals surface area contributed by atoms with Crippen LogP contribution in [-0.4, -0.2) is 28.4 Å². The number of nitrogens with zero attached hydrogens (tertiary/aromatic N) is 1. The minimum Gasteiger partial charge on any atom is -0.466 e. The highest BCUT2D eigenvalue weighted by atomic mass is 32.1. The normalized spacial score (nSPS) is 9.29. The molecule has 0 saturated heterocycles. The number of nitrogens with two attached hydrogens (primary N) is 1. The van der Waals surface area contributed by atoms with Crippen molar-refractivity contribution in [1.82, 2.24) is 4.90 Å². The standard InChI is InChI=1S/C14H21NOS.CH3NOS/c1-3-10-15(11-4-2)14(17)16-12-13-8-6-5-7-9-13;2-1(3)4/h5-9H,3-4,10-12H2,1-2H3;(H3,2,3,4). The molecule has 1 amide bonds. The molecule has 0 aliphatic rings. The first-order valence-electron chi connectivity index (χ1n) is 6.95. The van der Waals surface area contributed by atoms with E-state index in [0.717, 1.165) is 31.5 Å². The highest BCUT2D eigenvalue weighted by Gasteiger charge is 2.08. The van der Waals surface area contributed by atoms with Gasteiger partial charge in [-0.25, -0.2) is 0 Å². The zero-order chi connectivity index (χ0) is 16.1. The molecule has 0 atom stereocenters. The van der Waals surface area contributed by atoms with E-state index in [-0.39, 0.29) is 0 Å². The van der Waals surface area contributed by atoms with E-state index in [1.807, 2.05) is 30.3 Å². The summed E-state index contributed by atoms with van der Waals surface area (Å²) in [7, 11) is 0. The van der Waals surface area contributed by atoms with E-state index in [1.54, 1.807) is 0 Å². The first-order chi connectivity index (χ1) is 10.0. The van der Waals surface area contributed by atoms with Crippen molar-refractivity contribution in [2.24, 2.45) is 5.73 Å². The molecular formula is C15H24N2O2S2. The van der Waals surface area contributed by atoms with Gasteiger partial charge in [-0.3, -0.25) is 4.79 Å². The van der Waals surface area contributed by atoms with Gasteiger partial charge < -0.3 is 15.4 Å². The van der Waals surface area contributed by atoms with Crippen LogP contribution >= 0.6 is 24.8 Å². The van der Waals surface area contributed by atoms with Crippen LogP contribution in [0.3, 0.4) is 0 Å². The third-order valence-corrected chi connectivity index (χ3v) is 2.83. The zero-order valence-corrected chi connectivity index (χ0v) is 14.3. The van der Waals surface area contributed by atoms with E-state index in [4.69, 9.17) is 21.7 Å². The number of primary amides is 1. The minimum atomic E-state index is -0.639. The predicted octanol–water partition coefficient (Wildman–Crippen LogP) is 3.61. The van der Waals surface area contributed by atoms with Gasteiger partial charge in [-0.15, -0.1) is 0 Å². The second kappa shape index (κ2) is 12.5. The van der Waals surface area contributed by atoms with Gasteiger partial charge >= 0.3 is 0 Å². The number of carbonyl (C=O) groups excluding carboxylic acids is 1. The summed E-state index contributed by atoms with van der Waals surface area (Å²) >= 11 is 8.41. The lowest BCUT2D eigenvalue weighted by atomic mass is 10.2. The third kappa shape index (κ3) is 11.1. The molecule has 4 nitrogen and oxygen atoms in total. The number of benzene rings is 1. The lowest BCUT2D eigenvalue weighted by Crippen LogP contribution is -2.32. The largest absolute Gasteiger partial charge is 0.466 e. The number of hydrogen-bond acceptors (Lipinski definition) is 3. The molecule has 0 heterocycles. The summed E-state index contributed by atoms with van der Waals surface area (Å²) in [6.07, 6.45) is 2.18. The summed E-state index contributed by atoms with van der Waals surface area (Å²) in [6.45, 7) is 6.82. The lowest BCUT2D eigenvalue weighted by Gasteiger charge is -2.23. The molecule has 0 spiro atoms.